The maximum absolute atomic E-state index is 13.1. The molecule has 1 unspecified atom stereocenters. The van der Waals surface area contributed by atoms with E-state index in [0.29, 0.717) is 19.4 Å². The normalized spacial score (nSPS) is 24.9. The summed E-state index contributed by atoms with van der Waals surface area (Å²) in [7, 11) is 2.13. The Bertz CT molecular complexity index is 1080. The molecule has 0 spiro atoms. The molecular formula is C44H74N2O7. The van der Waals surface area contributed by atoms with Crippen molar-refractivity contribution in [3.8, 4) is 0 Å². The minimum atomic E-state index is -0.735. The molecule has 0 N–H and O–H groups in total. The Labute approximate surface area is 321 Å². The number of ether oxygens (including phenoxy) is 4. The zero-order chi connectivity index (χ0) is 37.6. The van der Waals surface area contributed by atoms with Gasteiger partial charge < -0.3 is 28.7 Å². The summed E-state index contributed by atoms with van der Waals surface area (Å²) in [6.07, 6.45) is 31.2. The van der Waals surface area contributed by atoms with Crippen molar-refractivity contribution in [3.63, 3.8) is 0 Å². The molecule has 1 atom stereocenters. The predicted octanol–water partition coefficient (Wildman–Crippen LogP) is 9.29. The number of allylic oxidation sites excluding steroid dienone is 4. The van der Waals surface area contributed by atoms with Gasteiger partial charge in [-0.15, -0.1) is 0 Å². The van der Waals surface area contributed by atoms with Crippen molar-refractivity contribution in [2.75, 3.05) is 66.2 Å². The fraction of sp³-hybridized carbons (Fsp3) is 0.841. The molecule has 4 aliphatic carbocycles. The lowest BCUT2D eigenvalue weighted by Gasteiger charge is -2.56. The van der Waals surface area contributed by atoms with Crippen LogP contribution in [0.5, 0.6) is 0 Å². The van der Waals surface area contributed by atoms with Gasteiger partial charge in [0.15, 0.2) is 0 Å². The molecule has 1 heterocycles. The van der Waals surface area contributed by atoms with Crippen molar-refractivity contribution in [3.05, 3.63) is 24.3 Å². The van der Waals surface area contributed by atoms with Crippen LogP contribution in [0.25, 0.3) is 0 Å². The second kappa shape index (κ2) is 24.9. The maximum Gasteiger partial charge on any atom is 0.508 e. The van der Waals surface area contributed by atoms with Crippen molar-refractivity contribution >= 4 is 18.1 Å². The van der Waals surface area contributed by atoms with E-state index in [1.807, 2.05) is 0 Å². The molecule has 0 aromatic carbocycles. The predicted molar refractivity (Wildman–Crippen MR) is 210 cm³/mol. The largest absolute Gasteiger partial charge is 0.508 e. The highest BCUT2D eigenvalue weighted by Gasteiger charge is 2.51. The third-order valence-corrected chi connectivity index (χ3v) is 12.1. The van der Waals surface area contributed by atoms with Crippen LogP contribution in [0.2, 0.25) is 0 Å². The molecule has 0 aromatic rings. The Balaban J connectivity index is 1.08. The summed E-state index contributed by atoms with van der Waals surface area (Å²) in [5.41, 5.74) is 0.0973. The molecule has 0 amide bonds. The fourth-order valence-electron chi connectivity index (χ4n) is 9.50. The third-order valence-electron chi connectivity index (χ3n) is 12.1. The first-order valence-electron chi connectivity index (χ1n) is 21.6. The van der Waals surface area contributed by atoms with E-state index in [0.717, 1.165) is 108 Å². The highest BCUT2D eigenvalue weighted by atomic mass is 16.7. The van der Waals surface area contributed by atoms with Gasteiger partial charge in [-0.3, -0.25) is 9.59 Å². The molecule has 302 valence electrons. The molecule has 0 radical (unpaired) electrons. The van der Waals surface area contributed by atoms with E-state index in [1.54, 1.807) is 0 Å². The number of likely N-dealkylation sites (N-methyl/N-ethyl adjacent to an activating group) is 1. The van der Waals surface area contributed by atoms with Crippen molar-refractivity contribution in [1.29, 1.82) is 0 Å². The minimum absolute atomic E-state index is 0.0276. The number of unbranched alkanes of at least 4 members (excludes halogenated alkanes) is 9. The van der Waals surface area contributed by atoms with Gasteiger partial charge in [0.2, 0.25) is 0 Å². The van der Waals surface area contributed by atoms with Crippen molar-refractivity contribution < 1.29 is 33.3 Å². The standard InChI is InChI=1S/C44H74N2O7/c1-3-4-5-6-7-8-9-10-11-12-13-14-15-16-17-18-20-41(47)51-34-40(36-53-43(49)50-26-19-21-46-24-22-45(2)23-25-46)35-52-42(48)33-44-30-37-27-38(31-44)29-39(28-37)32-44/h7-8,10-11,37-40H,3-6,9,12-36H2,1-2H3/b8-7-,11-10-. The first-order chi connectivity index (χ1) is 25.8. The average molecular weight is 743 g/mol. The molecular weight excluding hydrogens is 668 g/mol. The molecule has 5 fully saturated rings. The lowest BCUT2D eigenvalue weighted by molar-refractivity contribution is -0.155. The van der Waals surface area contributed by atoms with Gasteiger partial charge in [0.05, 0.1) is 18.9 Å². The number of carbonyl (C=O) groups excluding carboxylic acids is 3. The monoisotopic (exact) mass is 743 g/mol. The van der Waals surface area contributed by atoms with Crippen LogP contribution in [-0.2, 0) is 28.5 Å². The SMILES string of the molecule is CCCCC/C=C\C/C=C\CCCCCCCCC(=O)OCC(COC(=O)CC12CC3CC(CC(C3)C1)C2)COC(=O)OCCCN1CCN(C)CC1. The molecule has 9 heteroatoms. The second-order valence-corrected chi connectivity index (χ2v) is 17.1. The number of hydrogen-bond acceptors (Lipinski definition) is 9. The zero-order valence-corrected chi connectivity index (χ0v) is 33.6. The van der Waals surface area contributed by atoms with Crippen molar-refractivity contribution in [1.82, 2.24) is 9.80 Å². The fourth-order valence-corrected chi connectivity index (χ4v) is 9.50. The molecule has 53 heavy (non-hydrogen) atoms. The number of carbonyl (C=O) groups is 3. The maximum atomic E-state index is 13.1. The number of esters is 2. The van der Waals surface area contributed by atoms with E-state index in [2.05, 4.69) is 48.1 Å². The first kappa shape index (κ1) is 43.3. The number of rotatable bonds is 27. The summed E-state index contributed by atoms with van der Waals surface area (Å²) < 4.78 is 22.2. The van der Waals surface area contributed by atoms with Crippen LogP contribution in [0.15, 0.2) is 24.3 Å². The van der Waals surface area contributed by atoms with Crippen LogP contribution in [0.1, 0.15) is 142 Å². The van der Waals surface area contributed by atoms with E-state index in [9.17, 15) is 14.4 Å². The zero-order valence-electron chi connectivity index (χ0n) is 33.6. The summed E-state index contributed by atoms with van der Waals surface area (Å²) in [5.74, 6) is 1.43. The number of hydrogen-bond donors (Lipinski definition) is 0. The van der Waals surface area contributed by atoms with E-state index in [-0.39, 0.29) is 37.2 Å². The molecule has 1 saturated heterocycles. The van der Waals surface area contributed by atoms with Gasteiger partial charge >= 0.3 is 18.1 Å². The third kappa shape index (κ3) is 17.7. The Kier molecular flexibility index (Phi) is 20.4. The molecule has 1 aliphatic heterocycles. The highest BCUT2D eigenvalue weighted by Crippen LogP contribution is 2.61. The van der Waals surface area contributed by atoms with E-state index < -0.39 is 12.1 Å². The van der Waals surface area contributed by atoms with Crippen LogP contribution >= 0.6 is 0 Å². The second-order valence-electron chi connectivity index (χ2n) is 17.1. The minimum Gasteiger partial charge on any atom is -0.465 e. The average Bonchev–Trinajstić information content (AvgIpc) is 3.12. The van der Waals surface area contributed by atoms with E-state index in [4.69, 9.17) is 18.9 Å². The van der Waals surface area contributed by atoms with Gasteiger partial charge in [-0.05, 0) is 114 Å². The van der Waals surface area contributed by atoms with Gasteiger partial charge in [0.25, 0.3) is 0 Å². The van der Waals surface area contributed by atoms with Crippen LogP contribution in [0.3, 0.4) is 0 Å². The summed E-state index contributed by atoms with van der Waals surface area (Å²) in [4.78, 5) is 42.9. The summed E-state index contributed by atoms with van der Waals surface area (Å²) >= 11 is 0. The van der Waals surface area contributed by atoms with E-state index in [1.165, 1.54) is 64.2 Å². The first-order valence-corrected chi connectivity index (χ1v) is 21.6. The molecule has 5 aliphatic rings. The highest BCUT2D eigenvalue weighted by molar-refractivity contribution is 5.70. The van der Waals surface area contributed by atoms with E-state index >= 15 is 0 Å². The lowest BCUT2D eigenvalue weighted by atomic mass is 9.49. The Morgan fingerprint density at radius 3 is 1.87 bits per heavy atom. The van der Waals surface area contributed by atoms with Crippen molar-refractivity contribution in [2.24, 2.45) is 29.1 Å². The molecule has 4 bridgehead atoms. The smallest absolute Gasteiger partial charge is 0.465 e. The molecule has 5 rings (SSSR count). The number of nitrogens with zero attached hydrogens (tertiary/aromatic N) is 2. The van der Waals surface area contributed by atoms with Gasteiger partial charge in [-0.2, -0.15) is 0 Å². The molecule has 0 aromatic heterocycles. The summed E-state index contributed by atoms with van der Waals surface area (Å²) in [6.45, 7) is 7.65. The van der Waals surface area contributed by atoms with Crippen molar-refractivity contribution in [2.45, 2.75) is 142 Å². The van der Waals surface area contributed by atoms with Crippen LogP contribution < -0.4 is 0 Å². The Morgan fingerprint density at radius 2 is 1.23 bits per heavy atom. The van der Waals surface area contributed by atoms with Gasteiger partial charge in [0, 0.05) is 39.1 Å². The lowest BCUT2D eigenvalue weighted by Crippen LogP contribution is -2.47. The quantitative estimate of drug-likeness (QED) is 0.0353. The van der Waals surface area contributed by atoms with Crippen LogP contribution in [0.4, 0.5) is 4.79 Å². The Hall–Kier alpha value is -2.39. The summed E-state index contributed by atoms with van der Waals surface area (Å²) in [5, 5.41) is 0. The van der Waals surface area contributed by atoms with Crippen LogP contribution in [-0.4, -0.2) is 94.1 Å². The van der Waals surface area contributed by atoms with Gasteiger partial charge in [0.1, 0.15) is 19.8 Å². The van der Waals surface area contributed by atoms with Gasteiger partial charge in [-0.1, -0.05) is 69.8 Å². The summed E-state index contributed by atoms with van der Waals surface area (Å²) in [6, 6.07) is 0. The van der Waals surface area contributed by atoms with Gasteiger partial charge in [-0.25, -0.2) is 4.79 Å². The van der Waals surface area contributed by atoms with Crippen LogP contribution in [0, 0.1) is 29.1 Å². The Morgan fingerprint density at radius 1 is 0.660 bits per heavy atom. The number of piperazine rings is 1. The topological polar surface area (TPSA) is 94.6 Å². The molecule has 4 saturated carbocycles. The molecule has 9 nitrogen and oxygen atoms in total.